The molecule has 0 fully saturated rings. The van der Waals surface area contributed by atoms with Crippen molar-refractivity contribution in [3.63, 3.8) is 0 Å². The van der Waals surface area contributed by atoms with Gasteiger partial charge >= 0.3 is 0 Å². The molecule has 0 aromatic heterocycles. The highest BCUT2D eigenvalue weighted by Gasteiger charge is 2.50. The third-order valence-corrected chi connectivity index (χ3v) is 7.70. The van der Waals surface area contributed by atoms with Crippen molar-refractivity contribution in [1.29, 1.82) is 0 Å². The minimum atomic E-state index is -0.914. The van der Waals surface area contributed by atoms with Crippen molar-refractivity contribution in [3.05, 3.63) is 118 Å². The molecule has 39 heavy (non-hydrogen) atoms. The van der Waals surface area contributed by atoms with E-state index in [2.05, 4.69) is 17.2 Å². The molecule has 2 aromatic rings. The fourth-order valence-corrected chi connectivity index (χ4v) is 5.95. The maximum absolute atomic E-state index is 14.2. The Bertz CT molecular complexity index is 1530. The predicted octanol–water partition coefficient (Wildman–Crippen LogP) is 6.05. The number of carbonyl (C=O) groups excluding carboxylic acids is 2. The molecule has 0 saturated heterocycles. The molecule has 0 radical (unpaired) electrons. The Kier molecular flexibility index (Phi) is 6.85. The summed E-state index contributed by atoms with van der Waals surface area (Å²) in [6.07, 6.45) is 10.6. The molecule has 200 valence electrons. The van der Waals surface area contributed by atoms with Crippen LogP contribution in [0.25, 0.3) is 0 Å². The standard InChI is InChI=1S/C32H31F2N3O2/c1-5-7-21(30(38)37-14-13-25-28(37)12-11-27(33)29(25)34)15-19(3)35-24-10-9-22-17-32(18-23(22)16-24)26(8-6-2)20(4)36-31(32)39/h5-12,15-16,35H,3,13-14,17-18H2,1-2,4H3,(H,36,39)/b7-5-,8-6-,21-15+. The first-order chi connectivity index (χ1) is 18.7. The molecule has 0 bridgehead atoms. The number of fused-ring (bicyclic) bond motifs is 2. The van der Waals surface area contributed by atoms with Crippen LogP contribution in [0.2, 0.25) is 0 Å². The molecule has 2 aliphatic heterocycles. The molecular weight excluding hydrogens is 496 g/mol. The van der Waals surface area contributed by atoms with Crippen molar-refractivity contribution >= 4 is 23.2 Å². The van der Waals surface area contributed by atoms with Gasteiger partial charge in [-0.2, -0.15) is 0 Å². The van der Waals surface area contributed by atoms with Crippen LogP contribution in [0, 0.1) is 17.0 Å². The second-order valence-corrected chi connectivity index (χ2v) is 10.2. The lowest BCUT2D eigenvalue weighted by Gasteiger charge is -2.22. The van der Waals surface area contributed by atoms with E-state index in [-0.39, 0.29) is 30.3 Å². The van der Waals surface area contributed by atoms with Crippen LogP contribution in [-0.4, -0.2) is 18.4 Å². The zero-order valence-corrected chi connectivity index (χ0v) is 22.3. The van der Waals surface area contributed by atoms with Crippen LogP contribution < -0.4 is 15.5 Å². The van der Waals surface area contributed by atoms with Crippen molar-refractivity contribution in [2.24, 2.45) is 5.41 Å². The number of hydrogen-bond donors (Lipinski definition) is 2. The Balaban J connectivity index is 1.35. The first kappa shape index (κ1) is 26.4. The SMILES string of the molecule is C=C(/C=C(\C=C/C)C(=O)N1CCc2c1ccc(F)c2F)Nc1ccc2c(c1)CC1(C2)C(=O)NC(C)=C1/C=C\C. The zero-order chi connectivity index (χ0) is 27.9. The van der Waals surface area contributed by atoms with Gasteiger partial charge in [0.25, 0.3) is 5.91 Å². The smallest absolute Gasteiger partial charge is 0.258 e. The lowest BCUT2D eigenvalue weighted by molar-refractivity contribution is -0.126. The summed E-state index contributed by atoms with van der Waals surface area (Å²) >= 11 is 0. The molecule has 1 spiro atoms. The van der Waals surface area contributed by atoms with Crippen LogP contribution in [-0.2, 0) is 28.9 Å². The van der Waals surface area contributed by atoms with Gasteiger partial charge in [-0.25, -0.2) is 8.78 Å². The molecule has 5 nitrogen and oxygen atoms in total. The maximum atomic E-state index is 14.2. The third kappa shape index (κ3) is 4.52. The number of hydrogen-bond acceptors (Lipinski definition) is 3. The topological polar surface area (TPSA) is 61.4 Å². The normalized spacial score (nSPS) is 20.4. The van der Waals surface area contributed by atoms with Gasteiger partial charge in [-0.05, 0) is 87.1 Å². The fraction of sp³-hybridized carbons (Fsp3) is 0.250. The molecule has 1 unspecified atom stereocenters. The number of allylic oxidation sites excluding steroid dienone is 5. The van der Waals surface area contributed by atoms with Crippen molar-refractivity contribution in [2.75, 3.05) is 16.8 Å². The van der Waals surface area contributed by atoms with Gasteiger partial charge in [-0.3, -0.25) is 9.59 Å². The van der Waals surface area contributed by atoms with Gasteiger partial charge in [0.15, 0.2) is 11.6 Å². The molecule has 1 atom stereocenters. The number of rotatable bonds is 6. The molecule has 7 heteroatoms. The Hall–Kier alpha value is -4.26. The Morgan fingerprint density at radius 3 is 2.64 bits per heavy atom. The molecule has 2 heterocycles. The Labute approximate surface area is 227 Å². The van der Waals surface area contributed by atoms with E-state index >= 15 is 0 Å². The monoisotopic (exact) mass is 527 g/mol. The van der Waals surface area contributed by atoms with Gasteiger partial charge in [0.2, 0.25) is 5.91 Å². The van der Waals surface area contributed by atoms with Gasteiger partial charge in [0, 0.05) is 34.8 Å². The average molecular weight is 528 g/mol. The number of halogens is 2. The highest BCUT2D eigenvalue weighted by atomic mass is 19.2. The molecule has 2 aromatic carbocycles. The summed E-state index contributed by atoms with van der Waals surface area (Å²) in [6, 6.07) is 8.50. The second-order valence-electron chi connectivity index (χ2n) is 10.2. The number of benzene rings is 2. The average Bonchev–Trinajstić information content (AvgIpc) is 3.56. The lowest BCUT2D eigenvalue weighted by Crippen LogP contribution is -2.34. The summed E-state index contributed by atoms with van der Waals surface area (Å²) < 4.78 is 27.9. The minimum Gasteiger partial charge on any atom is -0.356 e. The number of carbonyl (C=O) groups is 2. The van der Waals surface area contributed by atoms with E-state index in [4.69, 9.17) is 0 Å². The van der Waals surface area contributed by atoms with E-state index in [9.17, 15) is 18.4 Å². The summed E-state index contributed by atoms with van der Waals surface area (Å²) in [4.78, 5) is 27.8. The van der Waals surface area contributed by atoms with Crippen LogP contribution in [0.15, 0.2) is 89.8 Å². The molecule has 5 rings (SSSR count). The minimum absolute atomic E-state index is 0.0340. The van der Waals surface area contributed by atoms with E-state index in [0.29, 0.717) is 29.8 Å². The van der Waals surface area contributed by atoms with E-state index in [1.165, 1.54) is 11.0 Å². The van der Waals surface area contributed by atoms with Crippen LogP contribution in [0.3, 0.4) is 0 Å². The van der Waals surface area contributed by atoms with Gasteiger partial charge in [-0.1, -0.05) is 36.9 Å². The zero-order valence-electron chi connectivity index (χ0n) is 22.3. The van der Waals surface area contributed by atoms with Crippen LogP contribution >= 0.6 is 0 Å². The van der Waals surface area contributed by atoms with E-state index in [1.54, 1.807) is 25.2 Å². The summed E-state index contributed by atoms with van der Waals surface area (Å²) in [5.74, 6) is -2.10. The molecule has 0 saturated carbocycles. The van der Waals surface area contributed by atoms with E-state index in [0.717, 1.165) is 34.2 Å². The van der Waals surface area contributed by atoms with Gasteiger partial charge in [0.1, 0.15) is 0 Å². The Morgan fingerprint density at radius 1 is 1.13 bits per heavy atom. The Morgan fingerprint density at radius 2 is 1.90 bits per heavy atom. The van der Waals surface area contributed by atoms with Crippen molar-refractivity contribution in [1.82, 2.24) is 5.32 Å². The fourth-order valence-electron chi connectivity index (χ4n) is 5.95. The van der Waals surface area contributed by atoms with Crippen LogP contribution in [0.4, 0.5) is 20.2 Å². The van der Waals surface area contributed by atoms with Crippen LogP contribution in [0.1, 0.15) is 37.5 Å². The van der Waals surface area contributed by atoms with Crippen LogP contribution in [0.5, 0.6) is 0 Å². The summed E-state index contributed by atoms with van der Waals surface area (Å²) in [5, 5.41) is 6.28. The number of nitrogens with zero attached hydrogens (tertiary/aromatic N) is 1. The van der Waals surface area contributed by atoms with Gasteiger partial charge < -0.3 is 15.5 Å². The summed E-state index contributed by atoms with van der Waals surface area (Å²) in [5.41, 5.74) is 5.85. The highest BCUT2D eigenvalue weighted by Crippen LogP contribution is 2.47. The maximum Gasteiger partial charge on any atom is 0.258 e. The van der Waals surface area contributed by atoms with Gasteiger partial charge in [-0.15, -0.1) is 0 Å². The molecule has 1 aliphatic carbocycles. The van der Waals surface area contributed by atoms with Crippen molar-refractivity contribution in [3.8, 4) is 0 Å². The van der Waals surface area contributed by atoms with Crippen molar-refractivity contribution < 1.29 is 18.4 Å². The highest BCUT2D eigenvalue weighted by molar-refractivity contribution is 6.09. The van der Waals surface area contributed by atoms with E-state index < -0.39 is 17.0 Å². The molecule has 2 N–H and O–H groups in total. The number of anilines is 2. The quantitative estimate of drug-likeness (QED) is 0.355. The summed E-state index contributed by atoms with van der Waals surface area (Å²) in [7, 11) is 0. The molecular formula is C32H31F2N3O2. The molecule has 3 aliphatic rings. The molecule has 2 amide bonds. The van der Waals surface area contributed by atoms with E-state index in [1.807, 2.05) is 44.2 Å². The number of nitrogens with one attached hydrogen (secondary N) is 2. The first-order valence-corrected chi connectivity index (χ1v) is 13.0. The second kappa shape index (κ2) is 10.1. The third-order valence-electron chi connectivity index (χ3n) is 7.70. The number of amides is 2. The van der Waals surface area contributed by atoms with Gasteiger partial charge in [0.05, 0.1) is 11.1 Å². The lowest BCUT2D eigenvalue weighted by atomic mass is 9.78. The largest absolute Gasteiger partial charge is 0.356 e. The first-order valence-electron chi connectivity index (χ1n) is 13.0. The van der Waals surface area contributed by atoms with Crippen molar-refractivity contribution in [2.45, 2.75) is 40.0 Å². The summed E-state index contributed by atoms with van der Waals surface area (Å²) in [6.45, 7) is 10.1. The predicted molar refractivity (Wildman–Crippen MR) is 150 cm³/mol.